The van der Waals surface area contributed by atoms with Gasteiger partial charge in [-0.05, 0) is 12.1 Å². The summed E-state index contributed by atoms with van der Waals surface area (Å²) in [5.74, 6) is 0. The topological polar surface area (TPSA) is 38.7 Å². The van der Waals surface area contributed by atoms with Crippen LogP contribution in [0.5, 0.6) is 0 Å². The van der Waals surface area contributed by atoms with E-state index < -0.39 is 0 Å². The maximum atomic E-state index is 4.54. The number of fused-ring (bicyclic) bond motifs is 1. The van der Waals surface area contributed by atoms with Crippen molar-refractivity contribution in [3.8, 4) is 0 Å². The van der Waals surface area contributed by atoms with Crippen molar-refractivity contribution in [3.63, 3.8) is 0 Å². The van der Waals surface area contributed by atoms with E-state index in [0.29, 0.717) is 0 Å². The molecule has 0 unspecified atom stereocenters. The molecule has 0 fully saturated rings. The van der Waals surface area contributed by atoms with E-state index in [1.807, 2.05) is 12.1 Å². The van der Waals surface area contributed by atoms with Gasteiger partial charge in [-0.25, -0.2) is 0 Å². The largest absolute Gasteiger partial charge is 0.251 e. The van der Waals surface area contributed by atoms with Crippen molar-refractivity contribution in [2.45, 2.75) is 26.2 Å². The normalized spacial score (nSPS) is 11.9. The molecule has 14 heavy (non-hydrogen) atoms. The van der Waals surface area contributed by atoms with Crippen molar-refractivity contribution >= 4 is 10.9 Å². The van der Waals surface area contributed by atoms with Crippen LogP contribution in [0.4, 0.5) is 0 Å². The first kappa shape index (κ1) is 9.06. The molecule has 0 saturated heterocycles. The lowest BCUT2D eigenvalue weighted by Crippen LogP contribution is -2.13. The van der Waals surface area contributed by atoms with Gasteiger partial charge in [-0.3, -0.25) is 4.98 Å². The predicted octanol–water partition coefficient (Wildman–Crippen LogP) is 2.32. The van der Waals surface area contributed by atoms with Crippen molar-refractivity contribution in [3.05, 3.63) is 30.2 Å². The Balaban J connectivity index is 2.63. The van der Waals surface area contributed by atoms with Crippen LogP contribution in [0.3, 0.4) is 0 Å². The van der Waals surface area contributed by atoms with Gasteiger partial charge >= 0.3 is 0 Å². The van der Waals surface area contributed by atoms with Crippen LogP contribution in [-0.4, -0.2) is 15.2 Å². The molecule has 2 rings (SSSR count). The van der Waals surface area contributed by atoms with Gasteiger partial charge in [0.25, 0.3) is 0 Å². The molecule has 2 aromatic rings. The van der Waals surface area contributed by atoms with Gasteiger partial charge in [0.05, 0.1) is 17.9 Å². The van der Waals surface area contributed by atoms with Crippen molar-refractivity contribution in [2.75, 3.05) is 0 Å². The Hall–Kier alpha value is -1.51. The molecule has 0 aromatic carbocycles. The quantitative estimate of drug-likeness (QED) is 0.635. The average molecular weight is 187 g/mol. The van der Waals surface area contributed by atoms with Gasteiger partial charge in [0.2, 0.25) is 0 Å². The van der Waals surface area contributed by atoms with Crippen LogP contribution in [0.25, 0.3) is 10.9 Å². The lowest BCUT2D eigenvalue weighted by atomic mass is 9.91. The molecule has 2 heterocycles. The van der Waals surface area contributed by atoms with E-state index >= 15 is 0 Å². The van der Waals surface area contributed by atoms with E-state index in [-0.39, 0.29) is 5.41 Å². The minimum atomic E-state index is 0.0808. The molecule has 0 aliphatic rings. The standard InChI is InChI=1S/C11H13N3/c1-11(2,3)10-5-4-8-6-12-13-7-9(8)14-10/h4-7H,1-3H3. The number of pyridine rings is 1. The molecular formula is C11H13N3. The minimum absolute atomic E-state index is 0.0808. The van der Waals surface area contributed by atoms with Gasteiger partial charge in [0.1, 0.15) is 0 Å². The van der Waals surface area contributed by atoms with E-state index in [4.69, 9.17) is 0 Å². The first-order valence-electron chi connectivity index (χ1n) is 4.65. The Morgan fingerprint density at radius 1 is 1.00 bits per heavy atom. The Kier molecular flexibility index (Phi) is 1.95. The highest BCUT2D eigenvalue weighted by atomic mass is 15.1. The lowest BCUT2D eigenvalue weighted by molar-refractivity contribution is 0.571. The van der Waals surface area contributed by atoms with Crippen LogP contribution >= 0.6 is 0 Å². The molecule has 2 aromatic heterocycles. The average Bonchev–Trinajstić information content (AvgIpc) is 2.16. The summed E-state index contributed by atoms with van der Waals surface area (Å²) in [5, 5.41) is 8.67. The van der Waals surface area contributed by atoms with E-state index in [0.717, 1.165) is 16.6 Å². The lowest BCUT2D eigenvalue weighted by Gasteiger charge is -2.17. The van der Waals surface area contributed by atoms with E-state index in [9.17, 15) is 0 Å². The van der Waals surface area contributed by atoms with Crippen molar-refractivity contribution in [1.29, 1.82) is 0 Å². The summed E-state index contributed by atoms with van der Waals surface area (Å²) in [6.45, 7) is 6.45. The number of hydrogen-bond donors (Lipinski definition) is 0. The molecule has 0 spiro atoms. The predicted molar refractivity (Wildman–Crippen MR) is 56.0 cm³/mol. The molecule has 0 N–H and O–H groups in total. The van der Waals surface area contributed by atoms with Gasteiger partial charge in [0, 0.05) is 16.5 Å². The van der Waals surface area contributed by atoms with Crippen LogP contribution in [-0.2, 0) is 5.41 Å². The summed E-state index contributed by atoms with van der Waals surface area (Å²) in [4.78, 5) is 4.54. The molecule has 0 radical (unpaired) electrons. The third-order valence-electron chi connectivity index (χ3n) is 2.17. The van der Waals surface area contributed by atoms with Gasteiger partial charge in [-0.15, -0.1) is 0 Å². The van der Waals surface area contributed by atoms with E-state index in [1.165, 1.54) is 0 Å². The summed E-state index contributed by atoms with van der Waals surface area (Å²) in [6, 6.07) is 4.08. The summed E-state index contributed by atoms with van der Waals surface area (Å²) in [6.07, 6.45) is 3.43. The Bertz CT molecular complexity index is 457. The maximum Gasteiger partial charge on any atom is 0.0923 e. The van der Waals surface area contributed by atoms with Gasteiger partial charge < -0.3 is 0 Å². The third kappa shape index (κ3) is 1.58. The van der Waals surface area contributed by atoms with Gasteiger partial charge in [0.15, 0.2) is 0 Å². The Morgan fingerprint density at radius 3 is 2.43 bits per heavy atom. The smallest absolute Gasteiger partial charge is 0.0923 e. The first-order chi connectivity index (χ1) is 6.57. The van der Waals surface area contributed by atoms with Crippen molar-refractivity contribution in [1.82, 2.24) is 15.2 Å². The van der Waals surface area contributed by atoms with E-state index in [2.05, 4.69) is 36.0 Å². The van der Waals surface area contributed by atoms with Crippen molar-refractivity contribution < 1.29 is 0 Å². The Morgan fingerprint density at radius 2 is 1.71 bits per heavy atom. The Labute approximate surface area is 83.2 Å². The third-order valence-corrected chi connectivity index (χ3v) is 2.17. The molecule has 3 heteroatoms. The number of hydrogen-bond acceptors (Lipinski definition) is 3. The van der Waals surface area contributed by atoms with Gasteiger partial charge in [-0.1, -0.05) is 20.8 Å². The summed E-state index contributed by atoms with van der Waals surface area (Å²) in [7, 11) is 0. The summed E-state index contributed by atoms with van der Waals surface area (Å²) < 4.78 is 0. The SMILES string of the molecule is CC(C)(C)c1ccc2cnncc2n1. The number of nitrogens with zero attached hydrogens (tertiary/aromatic N) is 3. The van der Waals surface area contributed by atoms with Crippen LogP contribution in [0.2, 0.25) is 0 Å². The van der Waals surface area contributed by atoms with Gasteiger partial charge in [-0.2, -0.15) is 10.2 Å². The molecule has 72 valence electrons. The molecule has 0 aliphatic carbocycles. The molecule has 0 atom stereocenters. The second kappa shape index (κ2) is 3.01. The second-order valence-corrected chi connectivity index (χ2v) is 4.41. The van der Waals surface area contributed by atoms with Crippen LogP contribution in [0.1, 0.15) is 26.5 Å². The van der Waals surface area contributed by atoms with Crippen molar-refractivity contribution in [2.24, 2.45) is 0 Å². The van der Waals surface area contributed by atoms with E-state index in [1.54, 1.807) is 12.4 Å². The monoisotopic (exact) mass is 187 g/mol. The highest BCUT2D eigenvalue weighted by Gasteiger charge is 2.15. The minimum Gasteiger partial charge on any atom is -0.251 e. The fourth-order valence-electron chi connectivity index (χ4n) is 1.30. The molecule has 0 bridgehead atoms. The number of rotatable bonds is 0. The summed E-state index contributed by atoms with van der Waals surface area (Å²) in [5.41, 5.74) is 2.07. The van der Waals surface area contributed by atoms with Crippen LogP contribution in [0, 0.1) is 0 Å². The first-order valence-corrected chi connectivity index (χ1v) is 4.65. The van der Waals surface area contributed by atoms with Crippen LogP contribution < -0.4 is 0 Å². The summed E-state index contributed by atoms with van der Waals surface area (Å²) >= 11 is 0. The number of aromatic nitrogens is 3. The zero-order valence-corrected chi connectivity index (χ0v) is 8.65. The highest BCUT2D eigenvalue weighted by Crippen LogP contribution is 2.21. The maximum absolute atomic E-state index is 4.54. The fourth-order valence-corrected chi connectivity index (χ4v) is 1.30. The zero-order valence-electron chi connectivity index (χ0n) is 8.65. The molecular weight excluding hydrogens is 174 g/mol. The van der Waals surface area contributed by atoms with Crippen LogP contribution in [0.15, 0.2) is 24.5 Å². The molecule has 0 amide bonds. The highest BCUT2D eigenvalue weighted by molar-refractivity contribution is 5.76. The fraction of sp³-hybridized carbons (Fsp3) is 0.364. The second-order valence-electron chi connectivity index (χ2n) is 4.41. The molecule has 0 saturated carbocycles. The zero-order chi connectivity index (χ0) is 10.2. The molecule has 3 nitrogen and oxygen atoms in total. The molecule has 0 aliphatic heterocycles.